The summed E-state index contributed by atoms with van der Waals surface area (Å²) in [6.45, 7) is 0. The minimum Gasteiger partial charge on any atom is -0.454 e. The van der Waals surface area contributed by atoms with Gasteiger partial charge in [0.2, 0.25) is 0 Å². The zero-order valence-electron chi connectivity index (χ0n) is 29.9. The van der Waals surface area contributed by atoms with E-state index in [-0.39, 0.29) is 0 Å². The van der Waals surface area contributed by atoms with Crippen molar-refractivity contribution in [2.24, 2.45) is 0 Å². The van der Waals surface area contributed by atoms with E-state index in [1.807, 2.05) is 12.1 Å². The van der Waals surface area contributed by atoms with Crippen molar-refractivity contribution in [2.45, 2.75) is 0 Å². The molecule has 3 heteroatoms. The Balaban J connectivity index is 0.982. The number of nitrogens with zero attached hydrogens (tertiary/aromatic N) is 2. The van der Waals surface area contributed by atoms with Crippen LogP contribution in [0.3, 0.4) is 0 Å². The van der Waals surface area contributed by atoms with Crippen molar-refractivity contribution in [1.82, 2.24) is 4.57 Å². The summed E-state index contributed by atoms with van der Waals surface area (Å²) in [4.78, 5) is 2.32. The second-order valence-electron chi connectivity index (χ2n) is 14.1. The van der Waals surface area contributed by atoms with Gasteiger partial charge < -0.3 is 13.9 Å². The average molecular weight is 703 g/mol. The highest BCUT2D eigenvalue weighted by Gasteiger charge is 2.20. The van der Waals surface area contributed by atoms with Gasteiger partial charge >= 0.3 is 0 Å². The Hall–Kier alpha value is -7.36. The second kappa shape index (κ2) is 12.6. The molecule has 11 rings (SSSR count). The molecule has 9 aromatic carbocycles. The minimum absolute atomic E-state index is 0.873. The fraction of sp³-hybridized carbons (Fsp3) is 0. The third-order valence-corrected chi connectivity index (χ3v) is 11.0. The van der Waals surface area contributed by atoms with Gasteiger partial charge in [0, 0.05) is 38.5 Å². The van der Waals surface area contributed by atoms with Crippen LogP contribution in [0.1, 0.15) is 0 Å². The van der Waals surface area contributed by atoms with Crippen molar-refractivity contribution in [3.63, 3.8) is 0 Å². The lowest BCUT2D eigenvalue weighted by molar-refractivity contribution is 0.669. The smallest absolute Gasteiger partial charge is 0.159 e. The zero-order valence-corrected chi connectivity index (χ0v) is 29.9. The summed E-state index contributed by atoms with van der Waals surface area (Å²) in [5.41, 5.74) is 13.2. The Morgan fingerprint density at radius 2 is 0.945 bits per heavy atom. The number of furan rings is 1. The van der Waals surface area contributed by atoms with Gasteiger partial charge in [0.05, 0.1) is 22.4 Å². The lowest BCUT2D eigenvalue weighted by Crippen LogP contribution is -2.10. The third-order valence-electron chi connectivity index (χ3n) is 11.0. The van der Waals surface area contributed by atoms with Gasteiger partial charge in [-0.05, 0) is 82.1 Å². The van der Waals surface area contributed by atoms with E-state index in [9.17, 15) is 0 Å². The predicted octanol–water partition coefficient (Wildman–Crippen LogP) is 14.6. The molecule has 55 heavy (non-hydrogen) atoms. The van der Waals surface area contributed by atoms with E-state index >= 15 is 0 Å². The number of hydrogen-bond donors (Lipinski definition) is 0. The summed E-state index contributed by atoms with van der Waals surface area (Å²) in [5.74, 6) is 0. The fourth-order valence-electron chi connectivity index (χ4n) is 8.39. The summed E-state index contributed by atoms with van der Waals surface area (Å²) < 4.78 is 8.97. The maximum atomic E-state index is 6.57. The first-order chi connectivity index (χ1) is 27.3. The molecule has 258 valence electrons. The number of para-hydroxylation sites is 5. The van der Waals surface area contributed by atoms with Crippen LogP contribution < -0.4 is 4.90 Å². The molecular formula is C52H34N2O. The van der Waals surface area contributed by atoms with E-state index in [2.05, 4.69) is 204 Å². The monoisotopic (exact) mass is 702 g/mol. The van der Waals surface area contributed by atoms with Crippen molar-refractivity contribution in [3.05, 3.63) is 206 Å². The van der Waals surface area contributed by atoms with Gasteiger partial charge in [-0.25, -0.2) is 0 Å². The van der Waals surface area contributed by atoms with Gasteiger partial charge in [0.1, 0.15) is 5.58 Å². The number of rotatable bonds is 6. The van der Waals surface area contributed by atoms with Crippen LogP contribution >= 0.6 is 0 Å². The van der Waals surface area contributed by atoms with E-state index in [1.165, 1.54) is 55.0 Å². The number of hydrogen-bond acceptors (Lipinski definition) is 2. The first-order valence-corrected chi connectivity index (χ1v) is 18.8. The Bertz CT molecular complexity index is 3150. The largest absolute Gasteiger partial charge is 0.454 e. The first kappa shape index (κ1) is 31.2. The maximum Gasteiger partial charge on any atom is 0.159 e. The lowest BCUT2D eigenvalue weighted by atomic mass is 9.98. The van der Waals surface area contributed by atoms with Gasteiger partial charge in [0.25, 0.3) is 0 Å². The van der Waals surface area contributed by atoms with Gasteiger partial charge in [0.15, 0.2) is 5.58 Å². The summed E-state index contributed by atoms with van der Waals surface area (Å²) in [7, 11) is 0. The highest BCUT2D eigenvalue weighted by molar-refractivity contribution is 6.11. The molecule has 0 amide bonds. The summed E-state index contributed by atoms with van der Waals surface area (Å²) in [6.07, 6.45) is 0. The second-order valence-corrected chi connectivity index (χ2v) is 14.1. The van der Waals surface area contributed by atoms with Crippen molar-refractivity contribution >= 4 is 71.6 Å². The Morgan fingerprint density at radius 3 is 1.71 bits per heavy atom. The number of fused-ring (bicyclic) bond motifs is 7. The molecule has 0 bridgehead atoms. The van der Waals surface area contributed by atoms with E-state index < -0.39 is 0 Å². The molecule has 11 aromatic rings. The van der Waals surface area contributed by atoms with Crippen LogP contribution in [0.2, 0.25) is 0 Å². The van der Waals surface area contributed by atoms with Crippen LogP contribution in [-0.2, 0) is 0 Å². The van der Waals surface area contributed by atoms with E-state index in [0.29, 0.717) is 0 Å². The van der Waals surface area contributed by atoms with Gasteiger partial charge in [-0.15, -0.1) is 0 Å². The van der Waals surface area contributed by atoms with E-state index in [1.54, 1.807) is 0 Å². The summed E-state index contributed by atoms with van der Waals surface area (Å²) >= 11 is 0. The number of benzene rings is 9. The summed E-state index contributed by atoms with van der Waals surface area (Å²) in [6, 6.07) is 73.9. The molecule has 0 atom stereocenters. The molecule has 0 saturated heterocycles. The molecule has 2 heterocycles. The van der Waals surface area contributed by atoms with Crippen LogP contribution in [-0.4, -0.2) is 4.57 Å². The van der Waals surface area contributed by atoms with Crippen molar-refractivity contribution in [3.8, 4) is 27.9 Å². The molecular weight excluding hydrogens is 669 g/mol. The highest BCUT2D eigenvalue weighted by Crippen LogP contribution is 2.43. The van der Waals surface area contributed by atoms with Crippen molar-refractivity contribution < 1.29 is 4.42 Å². The Labute approximate surface area is 318 Å². The van der Waals surface area contributed by atoms with E-state index in [0.717, 1.165) is 44.6 Å². The van der Waals surface area contributed by atoms with Crippen LogP contribution in [0.4, 0.5) is 17.1 Å². The molecule has 2 aromatic heterocycles. The van der Waals surface area contributed by atoms with Crippen LogP contribution in [0.5, 0.6) is 0 Å². The SMILES string of the molecule is c1ccc(-n2c3ccccc3c3ccccc32)c(-c2ccc(-c3ccc(N(c4ccc5ccccc5c4)c4cccc5c4oc4ccccc45)cc3)cc2)c1. The average Bonchev–Trinajstić information content (AvgIpc) is 3.81. The van der Waals surface area contributed by atoms with Crippen LogP contribution in [0.25, 0.3) is 82.5 Å². The molecule has 0 aliphatic heterocycles. The van der Waals surface area contributed by atoms with E-state index in [4.69, 9.17) is 4.42 Å². The Morgan fingerprint density at radius 1 is 0.382 bits per heavy atom. The molecule has 0 fully saturated rings. The molecule has 0 N–H and O–H groups in total. The predicted molar refractivity (Wildman–Crippen MR) is 231 cm³/mol. The fourth-order valence-corrected chi connectivity index (χ4v) is 8.39. The zero-order chi connectivity index (χ0) is 36.3. The molecule has 0 aliphatic rings. The van der Waals surface area contributed by atoms with Gasteiger partial charge in [-0.3, -0.25) is 0 Å². The van der Waals surface area contributed by atoms with Gasteiger partial charge in [-0.2, -0.15) is 0 Å². The first-order valence-electron chi connectivity index (χ1n) is 18.8. The minimum atomic E-state index is 0.873. The van der Waals surface area contributed by atoms with Crippen LogP contribution in [0.15, 0.2) is 211 Å². The topological polar surface area (TPSA) is 21.3 Å². The standard InChI is InChI=1S/C52H34N2O/c1-2-13-39-34-41(33-30-35(39)12-1)53(50-22-11-18-46-45-17-6-10-23-51(45)55-52(46)50)40-31-28-37(29-32-40)36-24-26-38(27-25-36)42-14-3-7-19-47(42)54-48-20-8-4-15-43(48)44-16-5-9-21-49(44)54/h1-34H. The molecule has 0 saturated carbocycles. The molecule has 0 aliphatic carbocycles. The molecule has 0 spiro atoms. The normalized spacial score (nSPS) is 11.6. The van der Waals surface area contributed by atoms with Crippen molar-refractivity contribution in [1.29, 1.82) is 0 Å². The molecule has 0 unspecified atom stereocenters. The molecule has 0 radical (unpaired) electrons. The highest BCUT2D eigenvalue weighted by atomic mass is 16.3. The summed E-state index contributed by atoms with van der Waals surface area (Å²) in [5, 5.41) is 7.16. The number of aromatic nitrogens is 1. The molecule has 3 nitrogen and oxygen atoms in total. The van der Waals surface area contributed by atoms with Crippen molar-refractivity contribution in [2.75, 3.05) is 4.90 Å². The lowest BCUT2D eigenvalue weighted by Gasteiger charge is -2.26. The maximum absolute atomic E-state index is 6.57. The third kappa shape index (κ3) is 5.13. The number of anilines is 3. The quantitative estimate of drug-likeness (QED) is 0.172. The van der Waals surface area contributed by atoms with Gasteiger partial charge in [-0.1, -0.05) is 152 Å². The Kier molecular flexibility index (Phi) is 7.17. The van der Waals surface area contributed by atoms with Crippen LogP contribution in [0, 0.1) is 0 Å².